The summed E-state index contributed by atoms with van der Waals surface area (Å²) in [5.74, 6) is -1.76. The van der Waals surface area contributed by atoms with E-state index in [-0.39, 0.29) is 29.8 Å². The molecular formula is C33H39N3O4. The third-order valence-electron chi connectivity index (χ3n) is 9.36. The second kappa shape index (κ2) is 10.5. The van der Waals surface area contributed by atoms with Gasteiger partial charge in [0.1, 0.15) is 11.6 Å². The van der Waals surface area contributed by atoms with E-state index in [1.54, 1.807) is 4.90 Å². The highest BCUT2D eigenvalue weighted by Crippen LogP contribution is 2.56. The maximum absolute atomic E-state index is 14.3. The van der Waals surface area contributed by atoms with Gasteiger partial charge in [0.15, 0.2) is 0 Å². The number of hydrogen-bond donors (Lipinski definition) is 2. The molecule has 0 radical (unpaired) electrons. The lowest BCUT2D eigenvalue weighted by atomic mass is 9.74. The van der Waals surface area contributed by atoms with Gasteiger partial charge in [-0.25, -0.2) is 0 Å². The second-order valence-corrected chi connectivity index (χ2v) is 12.1. The zero-order valence-corrected chi connectivity index (χ0v) is 23.5. The summed E-state index contributed by atoms with van der Waals surface area (Å²) < 4.78 is 6.52. The second-order valence-electron chi connectivity index (χ2n) is 12.1. The first-order valence-corrected chi connectivity index (χ1v) is 14.8. The predicted octanol–water partition coefficient (Wildman–Crippen LogP) is 5.11. The third-order valence-corrected chi connectivity index (χ3v) is 9.36. The van der Waals surface area contributed by atoms with Crippen LogP contribution in [0.2, 0.25) is 0 Å². The third kappa shape index (κ3) is 4.44. The van der Waals surface area contributed by atoms with Gasteiger partial charge in [0, 0.05) is 11.7 Å². The Morgan fingerprint density at radius 1 is 0.925 bits per heavy atom. The molecule has 2 N–H and O–H groups in total. The highest BCUT2D eigenvalue weighted by Gasteiger charge is 2.73. The van der Waals surface area contributed by atoms with Gasteiger partial charge in [-0.1, -0.05) is 87.7 Å². The summed E-state index contributed by atoms with van der Waals surface area (Å²) in [6.07, 6.45) is 8.44. The summed E-state index contributed by atoms with van der Waals surface area (Å²) >= 11 is 0. The van der Waals surface area contributed by atoms with E-state index in [0.717, 1.165) is 31.2 Å². The van der Waals surface area contributed by atoms with E-state index in [4.69, 9.17) is 4.74 Å². The van der Waals surface area contributed by atoms with Crippen LogP contribution in [-0.2, 0) is 19.1 Å². The van der Waals surface area contributed by atoms with Gasteiger partial charge in [-0.3, -0.25) is 14.4 Å². The van der Waals surface area contributed by atoms with Crippen molar-refractivity contribution in [2.45, 2.75) is 88.6 Å². The van der Waals surface area contributed by atoms with Crippen molar-refractivity contribution >= 4 is 23.4 Å². The highest BCUT2D eigenvalue weighted by molar-refractivity contribution is 6.03. The molecule has 0 aromatic heterocycles. The summed E-state index contributed by atoms with van der Waals surface area (Å²) in [6.45, 7) is 6.20. The van der Waals surface area contributed by atoms with Crippen molar-refractivity contribution in [3.8, 4) is 0 Å². The van der Waals surface area contributed by atoms with Gasteiger partial charge in [-0.2, -0.15) is 0 Å². The van der Waals surface area contributed by atoms with Crippen LogP contribution in [0, 0.1) is 11.8 Å². The number of nitrogens with zero attached hydrogens (tertiary/aromatic N) is 1. The van der Waals surface area contributed by atoms with E-state index in [1.165, 1.54) is 12.0 Å². The zero-order valence-electron chi connectivity index (χ0n) is 23.5. The molecule has 4 aliphatic rings. The van der Waals surface area contributed by atoms with Crippen molar-refractivity contribution in [1.29, 1.82) is 0 Å². The number of rotatable bonds is 7. The Morgan fingerprint density at radius 3 is 2.30 bits per heavy atom. The maximum atomic E-state index is 14.3. The van der Waals surface area contributed by atoms with Crippen LogP contribution in [0.3, 0.4) is 0 Å². The highest BCUT2D eigenvalue weighted by atomic mass is 16.5. The summed E-state index contributed by atoms with van der Waals surface area (Å²) in [4.78, 5) is 43.8. The lowest BCUT2D eigenvalue weighted by molar-refractivity contribution is -0.143. The molecule has 3 fully saturated rings. The number of amides is 3. The molecule has 6 rings (SSSR count). The number of carbonyl (C=O) groups is 3. The van der Waals surface area contributed by atoms with Crippen LogP contribution < -0.4 is 10.6 Å². The Bertz CT molecular complexity index is 1300. The molecule has 2 aromatic rings. The van der Waals surface area contributed by atoms with Crippen molar-refractivity contribution in [2.24, 2.45) is 11.8 Å². The summed E-state index contributed by atoms with van der Waals surface area (Å²) in [5.41, 5.74) is 1.63. The van der Waals surface area contributed by atoms with Crippen LogP contribution in [0.4, 0.5) is 5.69 Å². The van der Waals surface area contributed by atoms with Crippen molar-refractivity contribution in [3.05, 3.63) is 77.9 Å². The first kappa shape index (κ1) is 26.8. The van der Waals surface area contributed by atoms with Gasteiger partial charge in [0.2, 0.25) is 17.7 Å². The van der Waals surface area contributed by atoms with Gasteiger partial charge in [-0.05, 0) is 48.9 Å². The van der Waals surface area contributed by atoms with E-state index in [1.807, 2.05) is 73.7 Å². The molecule has 1 aliphatic carbocycles. The van der Waals surface area contributed by atoms with Crippen LogP contribution in [0.25, 0.3) is 0 Å². The molecule has 3 heterocycles. The van der Waals surface area contributed by atoms with Crippen LogP contribution >= 0.6 is 0 Å². The topological polar surface area (TPSA) is 87.7 Å². The summed E-state index contributed by atoms with van der Waals surface area (Å²) in [5, 5.41) is 6.28. The largest absolute Gasteiger partial charge is 0.359 e. The predicted molar refractivity (Wildman–Crippen MR) is 153 cm³/mol. The maximum Gasteiger partial charge on any atom is 0.246 e. The first-order valence-electron chi connectivity index (χ1n) is 14.8. The summed E-state index contributed by atoms with van der Waals surface area (Å²) in [6, 6.07) is 16.4. The SMILES string of the molecule is CC(C)c1ccc(NC(=O)C2C3C=CC4(O3)C2C(=O)N(C(C)c2ccccc2)C4C(=O)NC2CCCCC2)cc1. The van der Waals surface area contributed by atoms with Crippen LogP contribution in [-0.4, -0.2) is 46.4 Å². The quantitative estimate of drug-likeness (QED) is 0.477. The van der Waals surface area contributed by atoms with Crippen molar-refractivity contribution in [1.82, 2.24) is 10.2 Å². The Hall–Kier alpha value is -3.45. The van der Waals surface area contributed by atoms with Crippen LogP contribution in [0.5, 0.6) is 0 Å². The smallest absolute Gasteiger partial charge is 0.246 e. The fraction of sp³-hybridized carbons (Fsp3) is 0.485. The molecule has 6 unspecified atom stereocenters. The Kier molecular flexibility index (Phi) is 7.03. The standard InChI is InChI=1S/C33H39N3O4/c1-20(2)22-14-16-25(17-15-22)34-30(37)27-26-18-19-33(40-26)28(27)32(39)36(21(3)23-10-6-4-7-11-23)29(33)31(38)35-24-12-8-5-9-13-24/h4,6-7,10-11,14-21,24,26-29H,5,8-9,12-13H2,1-3H3,(H,34,37)(H,35,38). The first-order chi connectivity index (χ1) is 19.3. The van der Waals surface area contributed by atoms with Gasteiger partial charge in [-0.15, -0.1) is 0 Å². The number of ether oxygens (including phenoxy) is 1. The number of likely N-dealkylation sites (tertiary alicyclic amines) is 1. The Balaban J connectivity index is 1.32. The van der Waals surface area contributed by atoms with E-state index in [0.29, 0.717) is 11.6 Å². The molecule has 1 spiro atoms. The summed E-state index contributed by atoms with van der Waals surface area (Å²) in [7, 11) is 0. The minimum atomic E-state index is -1.17. The van der Waals surface area contributed by atoms with E-state index in [2.05, 4.69) is 24.5 Å². The van der Waals surface area contributed by atoms with E-state index >= 15 is 0 Å². The number of anilines is 1. The Labute approximate surface area is 236 Å². The van der Waals surface area contributed by atoms with Gasteiger partial charge >= 0.3 is 0 Å². The van der Waals surface area contributed by atoms with Crippen molar-refractivity contribution < 1.29 is 19.1 Å². The minimum absolute atomic E-state index is 0.0937. The molecule has 7 heteroatoms. The van der Waals surface area contributed by atoms with E-state index < -0.39 is 29.6 Å². The van der Waals surface area contributed by atoms with Crippen molar-refractivity contribution in [3.63, 3.8) is 0 Å². The molecule has 3 aliphatic heterocycles. The number of carbonyl (C=O) groups excluding carboxylic acids is 3. The molecule has 1 saturated carbocycles. The molecule has 2 aromatic carbocycles. The number of fused-ring (bicyclic) bond motifs is 1. The van der Waals surface area contributed by atoms with Gasteiger partial charge < -0.3 is 20.3 Å². The monoisotopic (exact) mass is 541 g/mol. The molecule has 2 saturated heterocycles. The average Bonchev–Trinajstić information content (AvgIpc) is 3.61. The van der Waals surface area contributed by atoms with Gasteiger partial charge in [0.25, 0.3) is 0 Å². The molecule has 210 valence electrons. The van der Waals surface area contributed by atoms with E-state index in [9.17, 15) is 14.4 Å². The fourth-order valence-corrected chi connectivity index (χ4v) is 7.22. The molecule has 3 amide bonds. The molecular weight excluding hydrogens is 502 g/mol. The Morgan fingerprint density at radius 2 is 1.62 bits per heavy atom. The lowest BCUT2D eigenvalue weighted by Crippen LogP contribution is -2.56. The molecule has 2 bridgehead atoms. The van der Waals surface area contributed by atoms with Crippen molar-refractivity contribution in [2.75, 3.05) is 5.32 Å². The molecule has 7 nitrogen and oxygen atoms in total. The normalized spacial score (nSPS) is 30.0. The fourth-order valence-electron chi connectivity index (χ4n) is 7.22. The number of benzene rings is 2. The number of hydrogen-bond acceptors (Lipinski definition) is 4. The van der Waals surface area contributed by atoms with Gasteiger partial charge in [0.05, 0.1) is 24.0 Å². The van der Waals surface area contributed by atoms with Crippen LogP contribution in [0.1, 0.15) is 76.0 Å². The average molecular weight is 542 g/mol. The molecule has 6 atom stereocenters. The number of nitrogens with one attached hydrogen (secondary N) is 2. The zero-order chi connectivity index (χ0) is 28.0. The van der Waals surface area contributed by atoms with Crippen LogP contribution in [0.15, 0.2) is 66.7 Å². The molecule has 40 heavy (non-hydrogen) atoms. The lowest BCUT2D eigenvalue weighted by Gasteiger charge is -2.37. The minimum Gasteiger partial charge on any atom is -0.359 e.